The molecule has 0 radical (unpaired) electrons. The van der Waals surface area contributed by atoms with E-state index < -0.39 is 0 Å². The molecule has 2 N–H and O–H groups in total. The van der Waals surface area contributed by atoms with Crippen LogP contribution in [0.3, 0.4) is 0 Å². The van der Waals surface area contributed by atoms with E-state index in [1.54, 1.807) is 12.4 Å². The van der Waals surface area contributed by atoms with Crippen molar-refractivity contribution in [3.63, 3.8) is 0 Å². The van der Waals surface area contributed by atoms with Crippen molar-refractivity contribution in [2.24, 2.45) is 5.92 Å². The Bertz CT molecular complexity index is 224. The third-order valence-corrected chi connectivity index (χ3v) is 1.73. The monoisotopic (exact) mass is 180 g/mol. The van der Waals surface area contributed by atoms with Gasteiger partial charge in [0, 0.05) is 18.9 Å². The molecule has 72 valence electrons. The second kappa shape index (κ2) is 5.48. The summed E-state index contributed by atoms with van der Waals surface area (Å²) in [6.07, 6.45) is 3.47. The van der Waals surface area contributed by atoms with Gasteiger partial charge in [0.2, 0.25) is 5.95 Å². The molecule has 0 bridgehead atoms. The first kappa shape index (κ1) is 9.92. The largest absolute Gasteiger partial charge is 0.354 e. The highest BCUT2D eigenvalue weighted by atomic mass is 15.1. The highest BCUT2D eigenvalue weighted by Crippen LogP contribution is 1.97. The van der Waals surface area contributed by atoms with E-state index in [4.69, 9.17) is 0 Å². The van der Waals surface area contributed by atoms with Crippen molar-refractivity contribution < 1.29 is 0 Å². The molecule has 0 aliphatic rings. The van der Waals surface area contributed by atoms with E-state index in [0.29, 0.717) is 11.9 Å². The van der Waals surface area contributed by atoms with E-state index in [0.717, 1.165) is 13.1 Å². The average molecular weight is 180 g/mol. The summed E-state index contributed by atoms with van der Waals surface area (Å²) in [6.45, 7) is 4.07. The third-order valence-electron chi connectivity index (χ3n) is 1.73. The maximum atomic E-state index is 4.07. The van der Waals surface area contributed by atoms with Gasteiger partial charge in [-0.2, -0.15) is 0 Å². The zero-order valence-electron chi connectivity index (χ0n) is 8.12. The first-order valence-corrected chi connectivity index (χ1v) is 4.48. The molecular weight excluding hydrogens is 164 g/mol. The summed E-state index contributed by atoms with van der Waals surface area (Å²) in [5.74, 6) is 1.28. The second-order valence-electron chi connectivity index (χ2n) is 3.12. The number of rotatable bonds is 5. The summed E-state index contributed by atoms with van der Waals surface area (Å²) in [4.78, 5) is 8.14. The molecule has 1 unspecified atom stereocenters. The van der Waals surface area contributed by atoms with Crippen LogP contribution in [0.2, 0.25) is 0 Å². The predicted octanol–water partition coefficient (Wildman–Crippen LogP) is 0.744. The van der Waals surface area contributed by atoms with Gasteiger partial charge in [0.15, 0.2) is 0 Å². The van der Waals surface area contributed by atoms with E-state index in [9.17, 15) is 0 Å². The molecule has 0 spiro atoms. The molecule has 0 aliphatic carbocycles. The normalized spacial score (nSPS) is 12.5. The lowest BCUT2D eigenvalue weighted by atomic mass is 10.2. The van der Waals surface area contributed by atoms with Gasteiger partial charge in [0.1, 0.15) is 0 Å². The maximum Gasteiger partial charge on any atom is 0.222 e. The Morgan fingerprint density at radius 2 is 2.00 bits per heavy atom. The molecule has 4 nitrogen and oxygen atoms in total. The summed E-state index contributed by atoms with van der Waals surface area (Å²) in [6, 6.07) is 1.81. The quantitative estimate of drug-likeness (QED) is 0.702. The first-order valence-electron chi connectivity index (χ1n) is 4.48. The number of aromatic nitrogens is 2. The third kappa shape index (κ3) is 3.85. The van der Waals surface area contributed by atoms with Gasteiger partial charge in [-0.1, -0.05) is 6.92 Å². The number of anilines is 1. The predicted molar refractivity (Wildman–Crippen MR) is 53.6 cm³/mol. The molecule has 0 fully saturated rings. The Morgan fingerprint density at radius 1 is 1.31 bits per heavy atom. The summed E-state index contributed by atoms with van der Waals surface area (Å²) >= 11 is 0. The molecule has 0 saturated carbocycles. The Labute approximate surface area is 78.8 Å². The van der Waals surface area contributed by atoms with Crippen LogP contribution in [0, 0.1) is 5.92 Å². The van der Waals surface area contributed by atoms with Crippen molar-refractivity contribution in [1.29, 1.82) is 0 Å². The lowest BCUT2D eigenvalue weighted by Gasteiger charge is -2.11. The maximum absolute atomic E-state index is 4.07. The van der Waals surface area contributed by atoms with Crippen LogP contribution < -0.4 is 10.6 Å². The molecule has 1 aromatic heterocycles. The van der Waals surface area contributed by atoms with E-state index in [1.807, 2.05) is 13.1 Å². The van der Waals surface area contributed by atoms with Crippen LogP contribution in [-0.2, 0) is 0 Å². The second-order valence-corrected chi connectivity index (χ2v) is 3.12. The number of hydrogen-bond acceptors (Lipinski definition) is 4. The van der Waals surface area contributed by atoms with E-state index >= 15 is 0 Å². The molecule has 13 heavy (non-hydrogen) atoms. The molecule has 0 aromatic carbocycles. The summed E-state index contributed by atoms with van der Waals surface area (Å²) in [5.41, 5.74) is 0. The zero-order chi connectivity index (χ0) is 9.52. The van der Waals surface area contributed by atoms with Gasteiger partial charge in [-0.15, -0.1) is 0 Å². The fourth-order valence-electron chi connectivity index (χ4n) is 1.08. The molecule has 1 heterocycles. The first-order chi connectivity index (χ1) is 6.33. The molecule has 1 rings (SSSR count). The summed E-state index contributed by atoms with van der Waals surface area (Å²) in [5, 5.41) is 6.29. The Kier molecular flexibility index (Phi) is 4.18. The summed E-state index contributed by atoms with van der Waals surface area (Å²) < 4.78 is 0. The van der Waals surface area contributed by atoms with E-state index in [1.165, 1.54) is 0 Å². The average Bonchev–Trinajstić information content (AvgIpc) is 2.17. The van der Waals surface area contributed by atoms with Crippen molar-refractivity contribution in [3.8, 4) is 0 Å². The SMILES string of the molecule is CNCC(C)CNc1ncccn1. The smallest absolute Gasteiger partial charge is 0.222 e. The van der Waals surface area contributed by atoms with Crippen molar-refractivity contribution in [2.75, 3.05) is 25.5 Å². The van der Waals surface area contributed by atoms with Crippen molar-refractivity contribution in [3.05, 3.63) is 18.5 Å². The van der Waals surface area contributed by atoms with Crippen LogP contribution in [-0.4, -0.2) is 30.1 Å². The topological polar surface area (TPSA) is 49.8 Å². The lowest BCUT2D eigenvalue weighted by Crippen LogP contribution is -2.23. The minimum atomic E-state index is 0.578. The Hall–Kier alpha value is -1.16. The minimum absolute atomic E-state index is 0.578. The van der Waals surface area contributed by atoms with Crippen molar-refractivity contribution in [1.82, 2.24) is 15.3 Å². The zero-order valence-corrected chi connectivity index (χ0v) is 8.12. The van der Waals surface area contributed by atoms with Gasteiger partial charge in [0.05, 0.1) is 0 Å². The Morgan fingerprint density at radius 3 is 2.62 bits per heavy atom. The Balaban J connectivity index is 2.27. The summed E-state index contributed by atoms with van der Waals surface area (Å²) in [7, 11) is 1.95. The van der Waals surface area contributed by atoms with Crippen LogP contribution in [0.1, 0.15) is 6.92 Å². The molecule has 1 atom stereocenters. The molecule has 0 amide bonds. The lowest BCUT2D eigenvalue weighted by molar-refractivity contribution is 0.568. The molecule has 0 aliphatic heterocycles. The van der Waals surface area contributed by atoms with E-state index in [2.05, 4.69) is 27.5 Å². The highest BCUT2D eigenvalue weighted by Gasteiger charge is 2.00. The molecule has 1 aromatic rings. The molecule has 0 saturated heterocycles. The minimum Gasteiger partial charge on any atom is -0.354 e. The highest BCUT2D eigenvalue weighted by molar-refractivity contribution is 5.21. The number of nitrogens with zero attached hydrogens (tertiary/aromatic N) is 2. The fraction of sp³-hybridized carbons (Fsp3) is 0.556. The van der Waals surface area contributed by atoms with Crippen molar-refractivity contribution in [2.45, 2.75) is 6.92 Å². The van der Waals surface area contributed by atoms with Gasteiger partial charge in [-0.05, 0) is 25.6 Å². The van der Waals surface area contributed by atoms with Crippen LogP contribution in [0.4, 0.5) is 5.95 Å². The van der Waals surface area contributed by atoms with Gasteiger partial charge >= 0.3 is 0 Å². The standard InChI is InChI=1S/C9H16N4/c1-8(6-10-2)7-13-9-11-4-3-5-12-9/h3-5,8,10H,6-7H2,1-2H3,(H,11,12,13). The number of nitrogens with one attached hydrogen (secondary N) is 2. The molecule has 4 heteroatoms. The number of hydrogen-bond donors (Lipinski definition) is 2. The van der Waals surface area contributed by atoms with E-state index in [-0.39, 0.29) is 0 Å². The van der Waals surface area contributed by atoms with Crippen molar-refractivity contribution >= 4 is 5.95 Å². The van der Waals surface area contributed by atoms with Gasteiger partial charge in [0.25, 0.3) is 0 Å². The van der Waals surface area contributed by atoms with Crippen LogP contribution >= 0.6 is 0 Å². The van der Waals surface area contributed by atoms with Crippen LogP contribution in [0.5, 0.6) is 0 Å². The van der Waals surface area contributed by atoms with Crippen LogP contribution in [0.15, 0.2) is 18.5 Å². The van der Waals surface area contributed by atoms with Gasteiger partial charge in [-0.25, -0.2) is 9.97 Å². The van der Waals surface area contributed by atoms with Gasteiger partial charge in [-0.3, -0.25) is 0 Å². The fourth-order valence-corrected chi connectivity index (χ4v) is 1.08. The molecular formula is C9H16N4. The van der Waals surface area contributed by atoms with Crippen LogP contribution in [0.25, 0.3) is 0 Å². The van der Waals surface area contributed by atoms with Gasteiger partial charge < -0.3 is 10.6 Å².